The number of nitrogens with zero attached hydrogens (tertiary/aromatic N) is 1. The van der Waals surface area contributed by atoms with Crippen LogP contribution in [0.2, 0.25) is 0 Å². The lowest BCUT2D eigenvalue weighted by atomic mass is 10.1. The molecule has 0 radical (unpaired) electrons. The van der Waals surface area contributed by atoms with E-state index in [4.69, 9.17) is 9.47 Å². The molecule has 0 aromatic heterocycles. The number of allylic oxidation sites excluding steroid dienone is 1. The highest BCUT2D eigenvalue weighted by molar-refractivity contribution is 8.04. The number of ether oxygens (including phenoxy) is 2. The van der Waals surface area contributed by atoms with Gasteiger partial charge < -0.3 is 14.4 Å². The van der Waals surface area contributed by atoms with Crippen LogP contribution in [0.25, 0.3) is 0 Å². The van der Waals surface area contributed by atoms with Crippen molar-refractivity contribution < 1.29 is 14.3 Å². The van der Waals surface area contributed by atoms with Gasteiger partial charge in [0.2, 0.25) is 5.78 Å². The molecule has 0 spiro atoms. The van der Waals surface area contributed by atoms with Crippen LogP contribution < -0.4 is 9.47 Å². The Labute approximate surface area is 147 Å². The topological polar surface area (TPSA) is 38.8 Å². The second kappa shape index (κ2) is 8.45. The number of carbonyl (C=O) groups excluding carboxylic acids is 1. The number of benzene rings is 2. The van der Waals surface area contributed by atoms with Gasteiger partial charge in [-0.1, -0.05) is 17.8 Å². The van der Waals surface area contributed by atoms with Crippen LogP contribution in [-0.4, -0.2) is 39.0 Å². The molecule has 24 heavy (non-hydrogen) atoms. The molecule has 2 rings (SSSR count). The molecule has 0 fully saturated rings. The first-order valence-electron chi connectivity index (χ1n) is 7.42. The zero-order valence-electron chi connectivity index (χ0n) is 14.3. The van der Waals surface area contributed by atoms with E-state index in [1.54, 1.807) is 38.5 Å². The predicted octanol–water partition coefficient (Wildman–Crippen LogP) is 4.08. The minimum Gasteiger partial charge on any atom is -0.497 e. The highest BCUT2D eigenvalue weighted by Crippen LogP contribution is 2.31. The Morgan fingerprint density at radius 2 is 1.67 bits per heavy atom. The van der Waals surface area contributed by atoms with Crippen LogP contribution in [0.5, 0.6) is 11.5 Å². The van der Waals surface area contributed by atoms with E-state index in [2.05, 4.69) is 0 Å². The zero-order valence-corrected chi connectivity index (χ0v) is 15.1. The summed E-state index contributed by atoms with van der Waals surface area (Å²) in [7, 11) is 7.02. The maximum Gasteiger partial charge on any atom is 0.201 e. The Morgan fingerprint density at radius 1 is 1.00 bits per heavy atom. The normalized spacial score (nSPS) is 11.1. The Morgan fingerprint density at radius 3 is 2.25 bits per heavy atom. The Balaban J connectivity index is 2.28. The van der Waals surface area contributed by atoms with E-state index < -0.39 is 0 Å². The number of rotatable bonds is 7. The summed E-state index contributed by atoms with van der Waals surface area (Å²) in [5.41, 5.74) is 0.624. The Bertz CT molecular complexity index is 724. The van der Waals surface area contributed by atoms with E-state index >= 15 is 0 Å². The minimum atomic E-state index is -0.0285. The zero-order chi connectivity index (χ0) is 17.5. The highest BCUT2D eigenvalue weighted by Gasteiger charge is 2.15. The molecule has 0 saturated carbocycles. The average Bonchev–Trinajstić information content (AvgIpc) is 2.60. The molecule has 5 heteroatoms. The lowest BCUT2D eigenvalue weighted by Gasteiger charge is -2.12. The van der Waals surface area contributed by atoms with E-state index in [0.717, 1.165) is 16.4 Å². The summed E-state index contributed by atoms with van der Waals surface area (Å²) < 4.78 is 10.4. The summed E-state index contributed by atoms with van der Waals surface area (Å²) in [6, 6.07) is 14.8. The van der Waals surface area contributed by atoms with Crippen molar-refractivity contribution >= 4 is 17.5 Å². The van der Waals surface area contributed by atoms with Crippen molar-refractivity contribution in [1.82, 2.24) is 4.90 Å². The Hall–Kier alpha value is -2.40. The molecular formula is C19H21NO3S. The van der Waals surface area contributed by atoms with Gasteiger partial charge in [-0.3, -0.25) is 4.79 Å². The number of hydrogen-bond acceptors (Lipinski definition) is 5. The molecule has 0 aliphatic rings. The maximum atomic E-state index is 12.9. The van der Waals surface area contributed by atoms with Crippen molar-refractivity contribution in [3.63, 3.8) is 0 Å². The van der Waals surface area contributed by atoms with Crippen molar-refractivity contribution in [3.8, 4) is 11.5 Å². The van der Waals surface area contributed by atoms with Gasteiger partial charge in [-0.25, -0.2) is 0 Å². The van der Waals surface area contributed by atoms with Crippen LogP contribution in [0.15, 0.2) is 64.5 Å². The quantitative estimate of drug-likeness (QED) is 0.430. The monoisotopic (exact) mass is 343 g/mol. The van der Waals surface area contributed by atoms with E-state index in [1.165, 1.54) is 11.8 Å². The third-order valence-corrected chi connectivity index (χ3v) is 4.22. The fourth-order valence-corrected chi connectivity index (χ4v) is 3.09. The van der Waals surface area contributed by atoms with E-state index in [0.29, 0.717) is 10.5 Å². The first kappa shape index (κ1) is 17.9. The number of hydrogen-bond donors (Lipinski definition) is 0. The summed E-state index contributed by atoms with van der Waals surface area (Å²) in [4.78, 5) is 16.3. The van der Waals surface area contributed by atoms with Gasteiger partial charge in [-0.15, -0.1) is 0 Å². The second-order valence-corrected chi connectivity index (χ2v) is 6.41. The Kier molecular flexibility index (Phi) is 6.32. The third-order valence-electron chi connectivity index (χ3n) is 3.22. The van der Waals surface area contributed by atoms with Crippen LogP contribution >= 0.6 is 11.8 Å². The molecule has 0 N–H and O–H groups in total. The number of Topliss-reactive ketones (excluding diaryl/α,β-unsaturated/α-hetero) is 1. The van der Waals surface area contributed by atoms with E-state index in [-0.39, 0.29) is 5.78 Å². The summed E-state index contributed by atoms with van der Waals surface area (Å²) in [5.74, 6) is 1.46. The SMILES string of the molecule is COc1ccc(C(=O)/C(=C/N(C)C)Sc2cccc(OC)c2)cc1. The van der Waals surface area contributed by atoms with Gasteiger partial charge >= 0.3 is 0 Å². The number of ketones is 1. The van der Waals surface area contributed by atoms with Crippen molar-refractivity contribution in [2.24, 2.45) is 0 Å². The van der Waals surface area contributed by atoms with Crippen molar-refractivity contribution in [1.29, 1.82) is 0 Å². The van der Waals surface area contributed by atoms with Gasteiger partial charge in [0.15, 0.2) is 0 Å². The van der Waals surface area contributed by atoms with Gasteiger partial charge in [-0.2, -0.15) is 0 Å². The molecule has 0 aliphatic heterocycles. The summed E-state index contributed by atoms with van der Waals surface area (Å²) in [6.45, 7) is 0. The first-order valence-corrected chi connectivity index (χ1v) is 8.24. The maximum absolute atomic E-state index is 12.9. The molecule has 0 heterocycles. The van der Waals surface area contributed by atoms with Crippen LogP contribution in [0.4, 0.5) is 0 Å². The minimum absolute atomic E-state index is 0.0285. The lowest BCUT2D eigenvalue weighted by molar-refractivity contribution is 0.104. The van der Waals surface area contributed by atoms with E-state index in [1.807, 2.05) is 49.5 Å². The summed E-state index contributed by atoms with van der Waals surface area (Å²) in [6.07, 6.45) is 1.83. The van der Waals surface area contributed by atoms with Gasteiger partial charge in [-0.05, 0) is 42.5 Å². The van der Waals surface area contributed by atoms with Gasteiger partial charge in [0.05, 0.1) is 19.1 Å². The third kappa shape index (κ3) is 4.80. The number of carbonyl (C=O) groups is 1. The summed E-state index contributed by atoms with van der Waals surface area (Å²) in [5, 5.41) is 0. The molecule has 0 amide bonds. The smallest absolute Gasteiger partial charge is 0.201 e. The van der Waals surface area contributed by atoms with Crippen LogP contribution in [0, 0.1) is 0 Å². The van der Waals surface area contributed by atoms with Crippen molar-refractivity contribution in [2.75, 3.05) is 28.3 Å². The molecule has 0 unspecified atom stereocenters. The molecule has 0 saturated heterocycles. The van der Waals surface area contributed by atoms with Crippen LogP contribution in [0.1, 0.15) is 10.4 Å². The lowest BCUT2D eigenvalue weighted by Crippen LogP contribution is -2.08. The first-order chi connectivity index (χ1) is 11.5. The molecule has 0 atom stereocenters. The molecular weight excluding hydrogens is 322 g/mol. The van der Waals surface area contributed by atoms with Gasteiger partial charge in [0.25, 0.3) is 0 Å². The molecule has 4 nitrogen and oxygen atoms in total. The number of methoxy groups -OCH3 is 2. The van der Waals surface area contributed by atoms with Crippen molar-refractivity contribution in [2.45, 2.75) is 4.90 Å². The van der Waals surface area contributed by atoms with Gasteiger partial charge in [0.1, 0.15) is 11.5 Å². The molecule has 0 aliphatic carbocycles. The predicted molar refractivity (Wildman–Crippen MR) is 97.9 cm³/mol. The van der Waals surface area contributed by atoms with Gasteiger partial charge in [0, 0.05) is 30.8 Å². The molecule has 2 aromatic rings. The average molecular weight is 343 g/mol. The molecule has 0 bridgehead atoms. The van der Waals surface area contributed by atoms with E-state index in [9.17, 15) is 4.79 Å². The number of thioether (sulfide) groups is 1. The fourth-order valence-electron chi connectivity index (χ4n) is 2.04. The van der Waals surface area contributed by atoms with Crippen molar-refractivity contribution in [3.05, 3.63) is 65.2 Å². The fraction of sp³-hybridized carbons (Fsp3) is 0.211. The molecule has 2 aromatic carbocycles. The standard InChI is InChI=1S/C19H21NO3S/c1-20(2)13-18(24-17-7-5-6-16(12-17)23-4)19(21)14-8-10-15(22-3)11-9-14/h5-13H,1-4H3/b18-13-. The van der Waals surface area contributed by atoms with Crippen LogP contribution in [-0.2, 0) is 0 Å². The molecule has 126 valence electrons. The largest absolute Gasteiger partial charge is 0.497 e. The van der Waals surface area contributed by atoms with Crippen LogP contribution in [0.3, 0.4) is 0 Å². The highest BCUT2D eigenvalue weighted by atomic mass is 32.2. The summed E-state index contributed by atoms with van der Waals surface area (Å²) >= 11 is 1.42. The second-order valence-electron chi connectivity index (χ2n) is 5.30.